The average molecular weight is 447 g/mol. The molecule has 7 nitrogen and oxygen atoms in total. The van der Waals surface area contributed by atoms with E-state index in [-0.39, 0.29) is 17.4 Å². The Morgan fingerprint density at radius 3 is 2.52 bits per heavy atom. The highest BCUT2D eigenvalue weighted by Crippen LogP contribution is 2.52. The molecule has 4 rings (SSSR count). The van der Waals surface area contributed by atoms with Crippen LogP contribution >= 0.6 is 0 Å². The van der Waals surface area contributed by atoms with E-state index < -0.39 is 10.0 Å². The van der Waals surface area contributed by atoms with Crippen LogP contribution in [0.15, 0.2) is 35.5 Å². The van der Waals surface area contributed by atoms with Gasteiger partial charge in [-0.2, -0.15) is 4.31 Å². The molecular weight excluding hydrogens is 412 g/mol. The first kappa shape index (κ1) is 22.3. The number of aromatic nitrogens is 3. The molecule has 1 aromatic heterocycles. The van der Waals surface area contributed by atoms with Crippen LogP contribution in [0.5, 0.6) is 5.75 Å². The maximum Gasteiger partial charge on any atom is 0.243 e. The van der Waals surface area contributed by atoms with Crippen molar-refractivity contribution in [3.63, 3.8) is 0 Å². The topological polar surface area (TPSA) is 77.3 Å². The van der Waals surface area contributed by atoms with Crippen LogP contribution in [0.3, 0.4) is 0 Å². The normalized spacial score (nSPS) is 21.7. The third kappa shape index (κ3) is 4.24. The van der Waals surface area contributed by atoms with Crippen molar-refractivity contribution in [2.45, 2.75) is 76.2 Å². The molecule has 1 spiro atoms. The van der Waals surface area contributed by atoms with Gasteiger partial charge in [0.2, 0.25) is 10.0 Å². The van der Waals surface area contributed by atoms with Crippen molar-refractivity contribution in [2.24, 2.45) is 5.41 Å². The van der Waals surface area contributed by atoms with Gasteiger partial charge in [-0.05, 0) is 62.8 Å². The van der Waals surface area contributed by atoms with Gasteiger partial charge in [-0.15, -0.1) is 10.2 Å². The summed E-state index contributed by atoms with van der Waals surface area (Å²) < 4.78 is 36.5. The summed E-state index contributed by atoms with van der Waals surface area (Å²) in [5, 5.41) is 8.65. The summed E-state index contributed by atoms with van der Waals surface area (Å²) in [5.41, 5.74) is -0.0603. The predicted octanol–water partition coefficient (Wildman–Crippen LogP) is 4.39. The first-order chi connectivity index (χ1) is 14.9. The van der Waals surface area contributed by atoms with Crippen LogP contribution in [0.25, 0.3) is 0 Å². The minimum Gasteiger partial charge on any atom is -0.494 e. The number of hydrogen-bond acceptors (Lipinski definition) is 5. The maximum atomic E-state index is 13.6. The minimum atomic E-state index is -3.59. The van der Waals surface area contributed by atoms with E-state index >= 15 is 0 Å². The molecule has 1 aliphatic heterocycles. The Morgan fingerprint density at radius 2 is 1.87 bits per heavy atom. The molecule has 1 aromatic carbocycles. The maximum absolute atomic E-state index is 13.6. The van der Waals surface area contributed by atoms with Gasteiger partial charge in [-0.1, -0.05) is 26.2 Å². The molecule has 0 radical (unpaired) electrons. The lowest BCUT2D eigenvalue weighted by atomic mass is 9.67. The second kappa shape index (κ2) is 8.90. The number of sulfonamides is 1. The van der Waals surface area contributed by atoms with E-state index in [1.165, 1.54) is 6.42 Å². The second-order valence-electron chi connectivity index (χ2n) is 9.28. The van der Waals surface area contributed by atoms with Crippen LogP contribution in [0.2, 0.25) is 0 Å². The van der Waals surface area contributed by atoms with Crippen molar-refractivity contribution in [1.29, 1.82) is 0 Å². The Bertz CT molecular complexity index is 979. The zero-order valence-corrected chi connectivity index (χ0v) is 19.6. The quantitative estimate of drug-likeness (QED) is 0.630. The van der Waals surface area contributed by atoms with Crippen molar-refractivity contribution in [3.05, 3.63) is 36.4 Å². The van der Waals surface area contributed by atoms with Crippen LogP contribution in [0, 0.1) is 5.41 Å². The Kier molecular flexibility index (Phi) is 6.40. The Labute approximate surface area is 185 Å². The predicted molar refractivity (Wildman–Crippen MR) is 120 cm³/mol. The van der Waals surface area contributed by atoms with Gasteiger partial charge in [0.25, 0.3) is 0 Å². The fraction of sp³-hybridized carbons (Fsp3) is 0.652. The molecule has 8 heteroatoms. The third-order valence-electron chi connectivity index (χ3n) is 6.87. The Morgan fingerprint density at radius 1 is 1.16 bits per heavy atom. The third-order valence-corrected chi connectivity index (χ3v) is 8.70. The number of ether oxygens (including phenoxy) is 1. The second-order valence-corrected chi connectivity index (χ2v) is 11.2. The lowest BCUT2D eigenvalue weighted by Crippen LogP contribution is -2.34. The lowest BCUT2D eigenvalue weighted by molar-refractivity contribution is 0.175. The number of benzene rings is 1. The first-order valence-electron chi connectivity index (χ1n) is 11.5. The fourth-order valence-electron chi connectivity index (χ4n) is 5.20. The molecule has 170 valence electrons. The van der Waals surface area contributed by atoms with Crippen molar-refractivity contribution in [2.75, 3.05) is 19.7 Å². The van der Waals surface area contributed by atoms with Crippen LogP contribution in [-0.4, -0.2) is 47.2 Å². The Hall–Kier alpha value is -1.93. The minimum absolute atomic E-state index is 0.0603. The summed E-state index contributed by atoms with van der Waals surface area (Å²) in [6.07, 6.45) is 8.28. The number of rotatable bonds is 7. The summed E-state index contributed by atoms with van der Waals surface area (Å²) in [4.78, 5) is 0.327. The van der Waals surface area contributed by atoms with Crippen molar-refractivity contribution >= 4 is 10.0 Å². The summed E-state index contributed by atoms with van der Waals surface area (Å²) in [5.74, 6) is 1.70. The average Bonchev–Trinajstić information content (AvgIpc) is 3.38. The molecule has 31 heavy (non-hydrogen) atoms. The summed E-state index contributed by atoms with van der Waals surface area (Å²) in [6.45, 7) is 7.92. The molecule has 2 fully saturated rings. The van der Waals surface area contributed by atoms with Gasteiger partial charge in [0.15, 0.2) is 0 Å². The van der Waals surface area contributed by atoms with Crippen molar-refractivity contribution in [1.82, 2.24) is 19.1 Å². The fourth-order valence-corrected chi connectivity index (χ4v) is 6.75. The van der Waals surface area contributed by atoms with E-state index in [0.717, 1.165) is 37.9 Å². The van der Waals surface area contributed by atoms with Crippen LogP contribution in [0.4, 0.5) is 0 Å². The zero-order valence-electron chi connectivity index (χ0n) is 18.8. The molecule has 1 atom stereocenters. The van der Waals surface area contributed by atoms with E-state index in [9.17, 15) is 8.42 Å². The molecule has 1 saturated carbocycles. The number of nitrogens with zero attached hydrogens (tertiary/aromatic N) is 4. The molecule has 0 bridgehead atoms. The van der Waals surface area contributed by atoms with Gasteiger partial charge < -0.3 is 9.30 Å². The molecule has 0 N–H and O–H groups in total. The van der Waals surface area contributed by atoms with Crippen molar-refractivity contribution < 1.29 is 13.2 Å². The van der Waals surface area contributed by atoms with Gasteiger partial charge in [-0.3, -0.25) is 0 Å². The standard InChI is InChI=1S/C23H34N4O3S/c1-4-14-30-19-8-10-20(11-9-19)31(28,29)26-15-21(22-25-24-17-27(22)18(2)3)23(16-26)12-6-5-7-13-23/h8-11,17-18,21H,4-7,12-16H2,1-3H3. The molecule has 1 aliphatic carbocycles. The van der Waals surface area contributed by atoms with Crippen LogP contribution < -0.4 is 4.74 Å². The molecule has 0 amide bonds. The smallest absolute Gasteiger partial charge is 0.243 e. The molecular formula is C23H34N4O3S. The van der Waals surface area contributed by atoms with Gasteiger partial charge in [-0.25, -0.2) is 8.42 Å². The van der Waals surface area contributed by atoms with E-state index in [4.69, 9.17) is 4.74 Å². The first-order valence-corrected chi connectivity index (χ1v) is 12.9. The molecule has 1 unspecified atom stereocenters. The highest BCUT2D eigenvalue weighted by molar-refractivity contribution is 7.89. The van der Waals surface area contributed by atoms with Crippen LogP contribution in [0.1, 0.15) is 77.1 Å². The van der Waals surface area contributed by atoms with E-state index in [1.54, 1.807) is 34.9 Å². The van der Waals surface area contributed by atoms with Gasteiger partial charge in [0, 0.05) is 25.0 Å². The zero-order chi connectivity index (χ0) is 22.1. The van der Waals surface area contributed by atoms with E-state index in [0.29, 0.717) is 30.3 Å². The van der Waals surface area contributed by atoms with E-state index in [1.807, 2.05) is 6.92 Å². The SMILES string of the molecule is CCCOc1ccc(S(=O)(=O)N2CC(c3nncn3C(C)C)C3(CCCCC3)C2)cc1. The van der Waals surface area contributed by atoms with E-state index in [2.05, 4.69) is 28.6 Å². The monoisotopic (exact) mass is 446 g/mol. The van der Waals surface area contributed by atoms with Crippen molar-refractivity contribution in [3.8, 4) is 5.75 Å². The summed E-state index contributed by atoms with van der Waals surface area (Å²) in [7, 11) is -3.59. The van der Waals surface area contributed by atoms with Gasteiger partial charge in [0.1, 0.15) is 17.9 Å². The summed E-state index contributed by atoms with van der Waals surface area (Å²) >= 11 is 0. The molecule has 2 heterocycles. The van der Waals surface area contributed by atoms with Crippen LogP contribution in [-0.2, 0) is 10.0 Å². The van der Waals surface area contributed by atoms with Gasteiger partial charge >= 0.3 is 0 Å². The molecule has 1 saturated heterocycles. The molecule has 2 aliphatic rings. The largest absolute Gasteiger partial charge is 0.494 e. The lowest BCUT2D eigenvalue weighted by Gasteiger charge is -2.38. The van der Waals surface area contributed by atoms with Gasteiger partial charge in [0.05, 0.1) is 11.5 Å². The molecule has 2 aromatic rings. The Balaban J connectivity index is 1.64. The summed E-state index contributed by atoms with van der Waals surface area (Å²) in [6, 6.07) is 7.08. The highest BCUT2D eigenvalue weighted by atomic mass is 32.2. The highest BCUT2D eigenvalue weighted by Gasteiger charge is 2.52. The number of hydrogen-bond donors (Lipinski definition) is 0.